The Kier molecular flexibility index (Phi) is 7.37. The van der Waals surface area contributed by atoms with E-state index in [0.29, 0.717) is 12.2 Å². The van der Waals surface area contributed by atoms with Crippen LogP contribution in [0.1, 0.15) is 35.7 Å². The van der Waals surface area contributed by atoms with Crippen molar-refractivity contribution in [1.82, 2.24) is 14.5 Å². The summed E-state index contributed by atoms with van der Waals surface area (Å²) < 4.78 is 31.5. The van der Waals surface area contributed by atoms with Crippen LogP contribution < -0.4 is 10.1 Å². The Balaban J connectivity index is 1.83. The highest BCUT2D eigenvalue weighted by atomic mass is 32.2. The molecule has 1 atom stereocenters. The number of nitrogens with zero attached hydrogens (tertiary/aromatic N) is 2. The van der Waals surface area contributed by atoms with Gasteiger partial charge in [-0.15, -0.1) is 0 Å². The van der Waals surface area contributed by atoms with E-state index in [-0.39, 0.29) is 35.9 Å². The smallest absolute Gasteiger partial charge is 0.269 e. The summed E-state index contributed by atoms with van der Waals surface area (Å²) in [5, 5.41) is 2.57. The summed E-state index contributed by atoms with van der Waals surface area (Å²) in [5.74, 6) is -0.811. The Labute approximate surface area is 193 Å². The second-order valence-electron chi connectivity index (χ2n) is 7.54. The fourth-order valence-electron chi connectivity index (χ4n) is 3.85. The van der Waals surface area contributed by atoms with Gasteiger partial charge in [-0.2, -0.15) is 0 Å². The third-order valence-corrected chi connectivity index (χ3v) is 7.40. The highest BCUT2D eigenvalue weighted by Gasteiger charge is 2.41. The summed E-state index contributed by atoms with van der Waals surface area (Å²) >= 11 is 0. The number of likely N-dealkylation sites (N-methyl/N-ethyl adjacent to an activating group) is 1. The van der Waals surface area contributed by atoms with Crippen molar-refractivity contribution in [2.24, 2.45) is 0 Å². The van der Waals surface area contributed by atoms with E-state index in [0.717, 1.165) is 9.87 Å². The topological polar surface area (TPSA) is 113 Å². The number of benzene rings is 2. The molecule has 0 aliphatic carbocycles. The van der Waals surface area contributed by atoms with Gasteiger partial charge in [-0.3, -0.25) is 14.4 Å². The lowest BCUT2D eigenvalue weighted by Crippen LogP contribution is -2.49. The number of sulfonamides is 1. The minimum atomic E-state index is -4.01. The van der Waals surface area contributed by atoms with Crippen LogP contribution in [0.25, 0.3) is 0 Å². The first kappa shape index (κ1) is 24.2. The van der Waals surface area contributed by atoms with Crippen LogP contribution in [0.5, 0.6) is 5.75 Å². The van der Waals surface area contributed by atoms with Crippen LogP contribution in [-0.4, -0.2) is 62.1 Å². The first-order valence-electron chi connectivity index (χ1n) is 10.5. The molecule has 2 aromatic carbocycles. The van der Waals surface area contributed by atoms with Crippen LogP contribution in [0.15, 0.2) is 53.4 Å². The van der Waals surface area contributed by atoms with Crippen molar-refractivity contribution < 1.29 is 27.5 Å². The number of amides is 3. The van der Waals surface area contributed by atoms with Gasteiger partial charge in [-0.1, -0.05) is 31.2 Å². The summed E-state index contributed by atoms with van der Waals surface area (Å²) in [6, 6.07) is 12.3. The summed E-state index contributed by atoms with van der Waals surface area (Å²) in [7, 11) is -0.988. The van der Waals surface area contributed by atoms with Gasteiger partial charge in [0.15, 0.2) is 0 Å². The zero-order valence-electron chi connectivity index (χ0n) is 18.8. The largest absolute Gasteiger partial charge is 0.497 e. The van der Waals surface area contributed by atoms with Crippen molar-refractivity contribution in [3.8, 4) is 5.75 Å². The SMILES string of the molecule is CC[C@H](C(=O)NC)N(Cc1cccc(OC)c1)C(=O)CCN1C(=O)c2ccccc2S1(=O)=O. The Morgan fingerprint density at radius 2 is 1.88 bits per heavy atom. The van der Waals surface area contributed by atoms with Crippen LogP contribution in [0, 0.1) is 0 Å². The van der Waals surface area contributed by atoms with Crippen molar-refractivity contribution in [2.45, 2.75) is 37.2 Å². The van der Waals surface area contributed by atoms with Gasteiger partial charge in [0.2, 0.25) is 11.8 Å². The van der Waals surface area contributed by atoms with Gasteiger partial charge in [0.1, 0.15) is 16.7 Å². The van der Waals surface area contributed by atoms with Gasteiger partial charge >= 0.3 is 0 Å². The van der Waals surface area contributed by atoms with E-state index < -0.39 is 27.9 Å². The van der Waals surface area contributed by atoms with Gasteiger partial charge < -0.3 is 15.0 Å². The molecule has 176 valence electrons. The predicted octanol–water partition coefficient (Wildman–Crippen LogP) is 1.78. The number of carbonyl (C=O) groups is 3. The molecular weight excluding hydrogens is 446 g/mol. The molecule has 3 rings (SSSR count). The average molecular weight is 474 g/mol. The summed E-state index contributed by atoms with van der Waals surface area (Å²) in [6.07, 6.45) is 0.109. The molecule has 0 saturated carbocycles. The first-order valence-corrected chi connectivity index (χ1v) is 12.0. The lowest BCUT2D eigenvalue weighted by molar-refractivity contribution is -0.141. The quantitative estimate of drug-likeness (QED) is 0.594. The number of fused-ring (bicyclic) bond motifs is 1. The molecule has 1 N–H and O–H groups in total. The molecule has 0 saturated heterocycles. The molecule has 0 aromatic heterocycles. The molecule has 2 aromatic rings. The molecule has 1 aliphatic heterocycles. The monoisotopic (exact) mass is 473 g/mol. The van der Waals surface area contributed by atoms with Crippen LogP contribution in [0.2, 0.25) is 0 Å². The summed E-state index contributed by atoms with van der Waals surface area (Å²) in [6.45, 7) is 1.60. The predicted molar refractivity (Wildman–Crippen MR) is 121 cm³/mol. The number of ether oxygens (including phenoxy) is 1. The van der Waals surface area contributed by atoms with Crippen molar-refractivity contribution >= 4 is 27.7 Å². The van der Waals surface area contributed by atoms with Crippen molar-refractivity contribution in [3.05, 3.63) is 59.7 Å². The van der Waals surface area contributed by atoms with Gasteiger partial charge in [0.05, 0.1) is 12.7 Å². The van der Waals surface area contributed by atoms with E-state index in [1.54, 1.807) is 37.3 Å². The molecule has 1 heterocycles. The fraction of sp³-hybridized carbons (Fsp3) is 0.348. The number of methoxy groups -OCH3 is 1. The summed E-state index contributed by atoms with van der Waals surface area (Å²) in [4.78, 5) is 39.7. The number of carbonyl (C=O) groups excluding carboxylic acids is 3. The Morgan fingerprint density at radius 3 is 2.52 bits per heavy atom. The average Bonchev–Trinajstić information content (AvgIpc) is 3.02. The normalized spacial score (nSPS) is 15.0. The van der Waals surface area contributed by atoms with Gasteiger partial charge in [0.25, 0.3) is 15.9 Å². The maximum atomic E-state index is 13.3. The molecule has 0 unspecified atom stereocenters. The number of rotatable bonds is 9. The maximum absolute atomic E-state index is 13.3. The van der Waals surface area contributed by atoms with Crippen molar-refractivity contribution in [3.63, 3.8) is 0 Å². The Hall–Kier alpha value is -3.40. The zero-order chi connectivity index (χ0) is 24.2. The minimum Gasteiger partial charge on any atom is -0.497 e. The van der Waals surface area contributed by atoms with E-state index in [2.05, 4.69) is 5.32 Å². The van der Waals surface area contributed by atoms with Gasteiger partial charge in [-0.25, -0.2) is 12.7 Å². The Bertz CT molecular complexity index is 1160. The number of nitrogens with one attached hydrogen (secondary N) is 1. The highest BCUT2D eigenvalue weighted by molar-refractivity contribution is 7.90. The molecule has 1 aliphatic rings. The van der Waals surface area contributed by atoms with E-state index in [9.17, 15) is 22.8 Å². The third kappa shape index (κ3) is 4.85. The molecule has 0 fully saturated rings. The van der Waals surface area contributed by atoms with E-state index in [4.69, 9.17) is 4.74 Å². The first-order chi connectivity index (χ1) is 15.7. The lowest BCUT2D eigenvalue weighted by Gasteiger charge is -2.31. The zero-order valence-corrected chi connectivity index (χ0v) is 19.6. The summed E-state index contributed by atoms with van der Waals surface area (Å²) in [5.41, 5.74) is 0.845. The van der Waals surface area contributed by atoms with Crippen molar-refractivity contribution in [2.75, 3.05) is 20.7 Å². The fourth-order valence-corrected chi connectivity index (χ4v) is 5.42. The number of hydrogen-bond acceptors (Lipinski definition) is 6. The molecule has 0 bridgehead atoms. The lowest BCUT2D eigenvalue weighted by atomic mass is 10.1. The van der Waals surface area contributed by atoms with Crippen LogP contribution in [0.3, 0.4) is 0 Å². The molecule has 0 spiro atoms. The van der Waals surface area contributed by atoms with Crippen LogP contribution >= 0.6 is 0 Å². The Morgan fingerprint density at radius 1 is 1.15 bits per heavy atom. The molecule has 10 heteroatoms. The van der Waals surface area contributed by atoms with E-state index in [1.165, 1.54) is 31.2 Å². The minimum absolute atomic E-state index is 0.0625. The highest BCUT2D eigenvalue weighted by Crippen LogP contribution is 2.30. The molecule has 3 amide bonds. The molecular formula is C23H27N3O6S. The molecule has 0 radical (unpaired) electrons. The third-order valence-electron chi connectivity index (χ3n) is 5.56. The van der Waals surface area contributed by atoms with Crippen LogP contribution in [-0.2, 0) is 26.2 Å². The van der Waals surface area contributed by atoms with Gasteiger partial charge in [-0.05, 0) is 36.2 Å². The van der Waals surface area contributed by atoms with Crippen LogP contribution in [0.4, 0.5) is 0 Å². The van der Waals surface area contributed by atoms with E-state index >= 15 is 0 Å². The second kappa shape index (κ2) is 10.0. The maximum Gasteiger partial charge on any atom is 0.269 e. The standard InChI is InChI=1S/C23H27N3O6S/c1-4-19(22(28)24-2)25(15-16-8-7-9-17(14-16)32-3)21(27)12-13-26-23(29)18-10-5-6-11-20(18)33(26,30)31/h5-11,14,19H,4,12-13,15H2,1-3H3,(H,24,28)/t19-/m1/s1. The second-order valence-corrected chi connectivity index (χ2v) is 9.37. The molecule has 33 heavy (non-hydrogen) atoms. The molecule has 9 nitrogen and oxygen atoms in total. The van der Waals surface area contributed by atoms with Crippen molar-refractivity contribution in [1.29, 1.82) is 0 Å². The van der Waals surface area contributed by atoms with Gasteiger partial charge in [0, 0.05) is 26.6 Å². The van der Waals surface area contributed by atoms with E-state index in [1.807, 2.05) is 6.07 Å². The number of hydrogen-bond donors (Lipinski definition) is 1.